The number of nitrogens with two attached hydrogens (primary N) is 1. The van der Waals surface area contributed by atoms with Crippen molar-refractivity contribution >= 4 is 39.3 Å². The van der Waals surface area contributed by atoms with E-state index < -0.39 is 11.9 Å². The zero-order valence-electron chi connectivity index (χ0n) is 22.6. The van der Waals surface area contributed by atoms with Gasteiger partial charge in [0, 0.05) is 31.4 Å². The maximum absolute atomic E-state index is 13.0. The van der Waals surface area contributed by atoms with E-state index in [1.165, 1.54) is 18.4 Å². The third-order valence-electron chi connectivity index (χ3n) is 7.55. The zero-order chi connectivity index (χ0) is 28.1. The molecule has 10 nitrogen and oxygen atoms in total. The number of esters is 1. The first kappa shape index (κ1) is 27.8. The summed E-state index contributed by atoms with van der Waals surface area (Å²) in [4.78, 5) is 51.1. The first-order chi connectivity index (χ1) is 19.4. The van der Waals surface area contributed by atoms with E-state index in [1.54, 1.807) is 23.5 Å². The van der Waals surface area contributed by atoms with Crippen molar-refractivity contribution in [2.45, 2.75) is 63.5 Å². The predicted octanol–water partition coefficient (Wildman–Crippen LogP) is 4.23. The van der Waals surface area contributed by atoms with Gasteiger partial charge < -0.3 is 25.1 Å². The number of hydrogen-bond donors (Lipinski definition) is 2. The number of nitrogens with zero attached hydrogens (tertiary/aromatic N) is 3. The van der Waals surface area contributed by atoms with E-state index in [1.807, 2.05) is 12.1 Å². The molecule has 3 N–H and O–H groups in total. The van der Waals surface area contributed by atoms with E-state index >= 15 is 0 Å². The van der Waals surface area contributed by atoms with Crippen LogP contribution in [0.1, 0.15) is 51.4 Å². The summed E-state index contributed by atoms with van der Waals surface area (Å²) < 4.78 is 12.0. The molecule has 2 amide bonds. The number of aromatic nitrogens is 3. The molecular weight excluding hydrogens is 530 g/mol. The molecule has 1 aliphatic heterocycles. The minimum Gasteiger partial charge on any atom is -0.487 e. The van der Waals surface area contributed by atoms with Crippen molar-refractivity contribution in [1.82, 2.24) is 19.9 Å². The second-order valence-corrected chi connectivity index (χ2v) is 11.5. The number of hydrogen-bond acceptors (Lipinski definition) is 8. The third-order valence-corrected chi connectivity index (χ3v) is 8.70. The van der Waals surface area contributed by atoms with Crippen molar-refractivity contribution < 1.29 is 23.9 Å². The van der Waals surface area contributed by atoms with Gasteiger partial charge in [0.2, 0.25) is 11.8 Å². The van der Waals surface area contributed by atoms with E-state index in [9.17, 15) is 14.4 Å². The topological polar surface area (TPSA) is 140 Å². The fourth-order valence-electron chi connectivity index (χ4n) is 5.29. The number of pyridine rings is 1. The molecular formula is C29H35N5O5S. The lowest BCUT2D eigenvalue weighted by atomic mass is 10.1. The fraction of sp³-hybridized carbons (Fsp3) is 0.483. The van der Waals surface area contributed by atoms with Crippen molar-refractivity contribution in [3.05, 3.63) is 42.9 Å². The van der Waals surface area contributed by atoms with Gasteiger partial charge in [0.05, 0.1) is 34.7 Å². The maximum atomic E-state index is 13.0. The Morgan fingerprint density at radius 1 is 1.18 bits per heavy atom. The molecule has 4 heterocycles. The summed E-state index contributed by atoms with van der Waals surface area (Å²) in [6, 6.07) is 3.11. The van der Waals surface area contributed by atoms with Crippen molar-refractivity contribution in [3.8, 4) is 16.5 Å². The zero-order valence-corrected chi connectivity index (χ0v) is 23.4. The van der Waals surface area contributed by atoms with Crippen LogP contribution in [0.5, 0.6) is 5.75 Å². The van der Waals surface area contributed by atoms with E-state index in [4.69, 9.17) is 15.2 Å². The summed E-state index contributed by atoms with van der Waals surface area (Å²) in [5.74, 6) is 1.11. The molecule has 1 unspecified atom stereocenters. The van der Waals surface area contributed by atoms with Crippen molar-refractivity contribution in [2.24, 2.45) is 17.6 Å². The monoisotopic (exact) mass is 565 g/mol. The average molecular weight is 566 g/mol. The SMILES string of the molecule is COC(=O)[C@H]1C[C@H]1/C=C\CCCCCCC(=O)N1CC(Oc2ccnc3cc(-c4ncc[nH]4)sc23)C[C@H]1C(N)=O. The van der Waals surface area contributed by atoms with Gasteiger partial charge in [-0.25, -0.2) is 4.98 Å². The van der Waals surface area contributed by atoms with Crippen LogP contribution in [-0.2, 0) is 19.1 Å². The molecule has 4 atom stereocenters. The van der Waals surface area contributed by atoms with E-state index in [0.29, 0.717) is 31.1 Å². The average Bonchev–Trinajstić information content (AvgIpc) is 3.33. The summed E-state index contributed by atoms with van der Waals surface area (Å²) >= 11 is 1.53. The fourth-order valence-corrected chi connectivity index (χ4v) is 6.32. The lowest BCUT2D eigenvalue weighted by Gasteiger charge is -2.22. The number of imidazole rings is 1. The summed E-state index contributed by atoms with van der Waals surface area (Å²) in [6.45, 7) is 0.325. The van der Waals surface area contributed by atoms with Gasteiger partial charge in [-0.15, -0.1) is 11.3 Å². The quantitative estimate of drug-likeness (QED) is 0.180. The van der Waals surface area contributed by atoms with E-state index in [0.717, 1.165) is 59.4 Å². The molecule has 0 bridgehead atoms. The third kappa shape index (κ3) is 6.52. The number of carbonyl (C=O) groups excluding carboxylic acids is 3. The highest BCUT2D eigenvalue weighted by atomic mass is 32.1. The molecule has 3 aromatic rings. The van der Waals surface area contributed by atoms with Gasteiger partial charge in [-0.1, -0.05) is 25.0 Å². The Labute approximate surface area is 237 Å². The molecule has 5 rings (SSSR count). The summed E-state index contributed by atoms with van der Waals surface area (Å²) in [5.41, 5.74) is 6.48. The second kappa shape index (κ2) is 12.6. The number of thiophene rings is 1. The first-order valence-corrected chi connectivity index (χ1v) is 14.6. The highest BCUT2D eigenvalue weighted by molar-refractivity contribution is 7.22. The summed E-state index contributed by atoms with van der Waals surface area (Å²) in [7, 11) is 1.43. The number of nitrogens with one attached hydrogen (secondary N) is 1. The number of aromatic amines is 1. The van der Waals surface area contributed by atoms with Gasteiger partial charge in [-0.3, -0.25) is 19.4 Å². The Balaban J connectivity index is 1.08. The lowest BCUT2D eigenvalue weighted by molar-refractivity contribution is -0.142. The number of fused-ring (bicyclic) bond motifs is 1. The molecule has 212 valence electrons. The van der Waals surface area contributed by atoms with Gasteiger partial charge in [-0.05, 0) is 43.7 Å². The number of allylic oxidation sites excluding steroid dienone is 2. The molecule has 1 saturated heterocycles. The Hall–Kier alpha value is -3.73. The Morgan fingerprint density at radius 2 is 2.02 bits per heavy atom. The Bertz CT molecular complexity index is 1370. The molecule has 0 spiro atoms. The molecule has 0 aromatic carbocycles. The molecule has 1 saturated carbocycles. The maximum Gasteiger partial charge on any atom is 0.309 e. The number of carbonyl (C=O) groups is 3. The number of amides is 2. The standard InChI is InChI=1S/C29H35N5O5S/c1-38-29(37)20-14-18(20)8-6-4-2-3-5-7-9-25(35)34-17-19(15-22(34)27(30)36)39-23-10-11-31-21-16-24(40-26(21)23)28-32-12-13-33-28/h6,8,10-13,16,18-20,22H,2-5,7,9,14-15,17H2,1H3,(H2,30,36)(H,32,33)/b8-6-/t18-,19?,20+,22+/m1/s1. The second-order valence-electron chi connectivity index (χ2n) is 10.4. The number of methoxy groups -OCH3 is 1. The molecule has 2 fully saturated rings. The van der Waals surface area contributed by atoms with Crippen LogP contribution in [0, 0.1) is 11.8 Å². The van der Waals surface area contributed by atoms with Gasteiger partial charge in [-0.2, -0.15) is 0 Å². The number of primary amides is 1. The van der Waals surface area contributed by atoms with Crippen LogP contribution in [0.2, 0.25) is 0 Å². The number of likely N-dealkylation sites (tertiary alicyclic amines) is 1. The summed E-state index contributed by atoms with van der Waals surface area (Å²) in [5, 5.41) is 0. The van der Waals surface area contributed by atoms with Crippen molar-refractivity contribution in [2.75, 3.05) is 13.7 Å². The molecule has 3 aromatic heterocycles. The van der Waals surface area contributed by atoms with Gasteiger partial charge in [0.25, 0.3) is 0 Å². The Morgan fingerprint density at radius 3 is 2.80 bits per heavy atom. The predicted molar refractivity (Wildman–Crippen MR) is 151 cm³/mol. The molecule has 11 heteroatoms. The van der Waals surface area contributed by atoms with Crippen LogP contribution in [0.4, 0.5) is 0 Å². The van der Waals surface area contributed by atoms with Crippen molar-refractivity contribution in [1.29, 1.82) is 0 Å². The minimum absolute atomic E-state index is 0.0358. The Kier molecular flexibility index (Phi) is 8.78. The number of rotatable bonds is 13. The normalized spacial score (nSPS) is 22.2. The van der Waals surface area contributed by atoms with E-state index in [2.05, 4.69) is 27.1 Å². The molecule has 1 aliphatic carbocycles. The molecule has 2 aliphatic rings. The van der Waals surface area contributed by atoms with Crippen LogP contribution in [-0.4, -0.2) is 63.4 Å². The lowest BCUT2D eigenvalue weighted by Crippen LogP contribution is -2.43. The summed E-state index contributed by atoms with van der Waals surface area (Å²) in [6.07, 6.45) is 15.5. The highest BCUT2D eigenvalue weighted by Gasteiger charge is 2.42. The van der Waals surface area contributed by atoms with Crippen LogP contribution in [0.15, 0.2) is 42.9 Å². The molecule has 0 radical (unpaired) electrons. The van der Waals surface area contributed by atoms with Crippen molar-refractivity contribution in [3.63, 3.8) is 0 Å². The largest absolute Gasteiger partial charge is 0.487 e. The highest BCUT2D eigenvalue weighted by Crippen LogP contribution is 2.40. The van der Waals surface area contributed by atoms with E-state index in [-0.39, 0.29) is 23.9 Å². The number of unbranched alkanes of at least 4 members (excludes halogenated alkanes) is 4. The minimum atomic E-state index is -0.668. The van der Waals surface area contributed by atoms with Crippen LogP contribution in [0.3, 0.4) is 0 Å². The van der Waals surface area contributed by atoms with Gasteiger partial charge in [0.15, 0.2) is 0 Å². The van der Waals surface area contributed by atoms with Crippen LogP contribution in [0.25, 0.3) is 20.9 Å². The van der Waals surface area contributed by atoms with Gasteiger partial charge in [0.1, 0.15) is 23.7 Å². The number of H-pyrrole nitrogens is 1. The van der Waals surface area contributed by atoms with Crippen LogP contribution < -0.4 is 10.5 Å². The molecule has 40 heavy (non-hydrogen) atoms. The first-order valence-electron chi connectivity index (χ1n) is 13.8. The van der Waals surface area contributed by atoms with Crippen LogP contribution >= 0.6 is 11.3 Å². The number of ether oxygens (including phenoxy) is 2. The smallest absolute Gasteiger partial charge is 0.309 e. The van der Waals surface area contributed by atoms with Gasteiger partial charge >= 0.3 is 5.97 Å².